The molecule has 0 spiro atoms. The normalized spacial score (nSPS) is 15.0. The lowest BCUT2D eigenvalue weighted by Crippen LogP contribution is -2.11. The molecule has 5 heteroatoms. The van der Waals surface area contributed by atoms with Crippen LogP contribution in [0.5, 0.6) is 0 Å². The Bertz CT molecular complexity index is 373. The number of aryl methyl sites for hydroxylation is 1. The average molecular weight is 306 g/mol. The SMILES string of the molecule is COC(=O)c1nn2c(c1I)CCCC2. The lowest BCUT2D eigenvalue weighted by atomic mass is 10.1. The summed E-state index contributed by atoms with van der Waals surface area (Å²) >= 11 is 2.17. The highest BCUT2D eigenvalue weighted by Crippen LogP contribution is 2.23. The van der Waals surface area contributed by atoms with Crippen molar-refractivity contribution in [3.05, 3.63) is 15.0 Å². The van der Waals surface area contributed by atoms with E-state index < -0.39 is 0 Å². The molecule has 2 heterocycles. The third-order valence-corrected chi connectivity index (χ3v) is 3.54. The zero-order chi connectivity index (χ0) is 10.1. The summed E-state index contributed by atoms with van der Waals surface area (Å²) in [6.45, 7) is 0.919. The average Bonchev–Trinajstić information content (AvgIpc) is 2.56. The van der Waals surface area contributed by atoms with Crippen molar-refractivity contribution in [2.45, 2.75) is 25.8 Å². The van der Waals surface area contributed by atoms with Gasteiger partial charge in [-0.05, 0) is 41.9 Å². The first-order chi connectivity index (χ1) is 6.74. The molecule has 0 amide bonds. The van der Waals surface area contributed by atoms with E-state index in [-0.39, 0.29) is 5.97 Å². The standard InChI is InChI=1S/C9H11IN2O2/c1-14-9(13)8-7(10)6-4-2-3-5-12(6)11-8/h2-5H2,1H3. The van der Waals surface area contributed by atoms with Crippen molar-refractivity contribution in [2.24, 2.45) is 0 Å². The maximum absolute atomic E-state index is 11.3. The molecule has 76 valence electrons. The second-order valence-electron chi connectivity index (χ2n) is 3.28. The number of esters is 1. The van der Waals surface area contributed by atoms with Gasteiger partial charge in [0.2, 0.25) is 0 Å². The molecule has 0 unspecified atom stereocenters. The monoisotopic (exact) mass is 306 g/mol. The number of ether oxygens (including phenoxy) is 1. The summed E-state index contributed by atoms with van der Waals surface area (Å²) < 4.78 is 7.56. The summed E-state index contributed by atoms with van der Waals surface area (Å²) in [5, 5.41) is 4.26. The van der Waals surface area contributed by atoms with Gasteiger partial charge in [0.15, 0.2) is 5.69 Å². The Labute approximate surface area is 95.8 Å². The predicted molar refractivity (Wildman–Crippen MR) is 59.2 cm³/mol. The van der Waals surface area contributed by atoms with Crippen molar-refractivity contribution in [3.8, 4) is 0 Å². The van der Waals surface area contributed by atoms with Gasteiger partial charge in [0.05, 0.1) is 16.4 Å². The van der Waals surface area contributed by atoms with Crippen molar-refractivity contribution in [2.75, 3.05) is 7.11 Å². The van der Waals surface area contributed by atoms with Gasteiger partial charge in [-0.3, -0.25) is 4.68 Å². The molecule has 0 aromatic carbocycles. The van der Waals surface area contributed by atoms with E-state index in [1.807, 2.05) is 4.68 Å². The van der Waals surface area contributed by atoms with Crippen LogP contribution in [0.3, 0.4) is 0 Å². The molecule has 1 aromatic rings. The molecule has 0 atom stereocenters. The van der Waals surface area contributed by atoms with E-state index in [1.54, 1.807) is 0 Å². The highest BCUT2D eigenvalue weighted by Gasteiger charge is 2.22. The van der Waals surface area contributed by atoms with Gasteiger partial charge in [-0.15, -0.1) is 0 Å². The maximum atomic E-state index is 11.3. The van der Waals surface area contributed by atoms with Crippen molar-refractivity contribution >= 4 is 28.6 Å². The Hall–Kier alpha value is -0.590. The van der Waals surface area contributed by atoms with Crippen LogP contribution in [-0.4, -0.2) is 22.9 Å². The molecule has 1 aliphatic rings. The summed E-state index contributed by atoms with van der Waals surface area (Å²) in [6.07, 6.45) is 3.34. The summed E-state index contributed by atoms with van der Waals surface area (Å²) in [5.74, 6) is -0.337. The maximum Gasteiger partial charge on any atom is 0.359 e. The van der Waals surface area contributed by atoms with Crippen LogP contribution in [0.15, 0.2) is 0 Å². The van der Waals surface area contributed by atoms with E-state index in [1.165, 1.54) is 19.2 Å². The minimum Gasteiger partial charge on any atom is -0.464 e. The van der Waals surface area contributed by atoms with E-state index in [0.29, 0.717) is 5.69 Å². The minimum absolute atomic E-state index is 0.337. The fourth-order valence-electron chi connectivity index (χ4n) is 1.68. The first-order valence-corrected chi connectivity index (χ1v) is 5.65. The Morgan fingerprint density at radius 3 is 3.00 bits per heavy atom. The molecular formula is C9H11IN2O2. The van der Waals surface area contributed by atoms with Crippen molar-refractivity contribution in [1.29, 1.82) is 0 Å². The zero-order valence-corrected chi connectivity index (χ0v) is 10.1. The van der Waals surface area contributed by atoms with Crippen LogP contribution >= 0.6 is 22.6 Å². The van der Waals surface area contributed by atoms with Gasteiger partial charge < -0.3 is 4.74 Å². The Kier molecular flexibility index (Phi) is 2.76. The molecule has 1 aliphatic heterocycles. The van der Waals surface area contributed by atoms with Crippen molar-refractivity contribution in [1.82, 2.24) is 9.78 Å². The number of aromatic nitrogens is 2. The topological polar surface area (TPSA) is 44.1 Å². The fourth-order valence-corrected chi connectivity index (χ4v) is 2.56. The Morgan fingerprint density at radius 2 is 2.36 bits per heavy atom. The van der Waals surface area contributed by atoms with Crippen LogP contribution in [0.1, 0.15) is 29.0 Å². The first kappa shape index (κ1) is 9.95. The Balaban J connectivity index is 2.43. The smallest absolute Gasteiger partial charge is 0.359 e. The molecule has 0 N–H and O–H groups in total. The number of carbonyl (C=O) groups excluding carboxylic acids is 1. The fraction of sp³-hybridized carbons (Fsp3) is 0.556. The van der Waals surface area contributed by atoms with Crippen LogP contribution in [0.2, 0.25) is 0 Å². The van der Waals surface area contributed by atoms with E-state index in [2.05, 4.69) is 32.4 Å². The van der Waals surface area contributed by atoms with Gasteiger partial charge in [-0.25, -0.2) is 4.79 Å². The number of halogens is 1. The van der Waals surface area contributed by atoms with E-state index in [9.17, 15) is 4.79 Å². The molecule has 0 aliphatic carbocycles. The largest absolute Gasteiger partial charge is 0.464 e. The number of fused-ring (bicyclic) bond motifs is 1. The lowest BCUT2D eigenvalue weighted by Gasteiger charge is -2.12. The second kappa shape index (κ2) is 3.88. The number of hydrogen-bond acceptors (Lipinski definition) is 3. The van der Waals surface area contributed by atoms with Gasteiger partial charge in [-0.1, -0.05) is 0 Å². The molecule has 0 saturated heterocycles. The third-order valence-electron chi connectivity index (χ3n) is 2.41. The van der Waals surface area contributed by atoms with Gasteiger partial charge in [0, 0.05) is 6.54 Å². The number of carbonyl (C=O) groups is 1. The Morgan fingerprint density at radius 1 is 1.57 bits per heavy atom. The summed E-state index contributed by atoms with van der Waals surface area (Å²) in [7, 11) is 1.39. The second-order valence-corrected chi connectivity index (χ2v) is 4.36. The summed E-state index contributed by atoms with van der Waals surface area (Å²) in [4.78, 5) is 11.3. The zero-order valence-electron chi connectivity index (χ0n) is 7.92. The minimum atomic E-state index is -0.337. The van der Waals surface area contributed by atoms with E-state index in [0.717, 1.165) is 23.0 Å². The molecule has 1 aromatic heterocycles. The van der Waals surface area contributed by atoms with Crippen LogP contribution in [0.25, 0.3) is 0 Å². The van der Waals surface area contributed by atoms with E-state index >= 15 is 0 Å². The van der Waals surface area contributed by atoms with Crippen molar-refractivity contribution < 1.29 is 9.53 Å². The predicted octanol–water partition coefficient (Wildman–Crippen LogP) is 1.61. The summed E-state index contributed by atoms with van der Waals surface area (Å²) in [6, 6.07) is 0. The molecule has 2 rings (SSSR count). The molecule has 4 nitrogen and oxygen atoms in total. The number of nitrogens with zero attached hydrogens (tertiary/aromatic N) is 2. The van der Waals surface area contributed by atoms with Gasteiger partial charge in [0.1, 0.15) is 0 Å². The van der Waals surface area contributed by atoms with Crippen LogP contribution in [0.4, 0.5) is 0 Å². The van der Waals surface area contributed by atoms with Gasteiger partial charge in [-0.2, -0.15) is 5.10 Å². The van der Waals surface area contributed by atoms with Crippen LogP contribution in [0, 0.1) is 3.57 Å². The number of rotatable bonds is 1. The first-order valence-electron chi connectivity index (χ1n) is 4.57. The van der Waals surface area contributed by atoms with Crippen LogP contribution in [-0.2, 0) is 17.7 Å². The molecule has 0 bridgehead atoms. The molecule has 0 saturated carbocycles. The van der Waals surface area contributed by atoms with Gasteiger partial charge in [0.25, 0.3) is 0 Å². The molecular weight excluding hydrogens is 295 g/mol. The van der Waals surface area contributed by atoms with E-state index in [4.69, 9.17) is 0 Å². The van der Waals surface area contributed by atoms with Gasteiger partial charge >= 0.3 is 5.97 Å². The molecule has 14 heavy (non-hydrogen) atoms. The molecule has 0 fully saturated rings. The summed E-state index contributed by atoms with van der Waals surface area (Å²) in [5.41, 5.74) is 1.64. The quantitative estimate of drug-likeness (QED) is 0.585. The molecule has 0 radical (unpaired) electrons. The third kappa shape index (κ3) is 1.53. The van der Waals surface area contributed by atoms with Crippen molar-refractivity contribution in [3.63, 3.8) is 0 Å². The highest BCUT2D eigenvalue weighted by atomic mass is 127. The lowest BCUT2D eigenvalue weighted by molar-refractivity contribution is 0.0591. The highest BCUT2D eigenvalue weighted by molar-refractivity contribution is 14.1. The van der Waals surface area contributed by atoms with Crippen LogP contribution < -0.4 is 0 Å². The number of hydrogen-bond donors (Lipinski definition) is 0. The number of methoxy groups -OCH3 is 1.